The maximum absolute atomic E-state index is 5.46. The average Bonchev–Trinajstić information content (AvgIpc) is 2.42. The normalized spacial score (nSPS) is 12.2. The van der Waals surface area contributed by atoms with Crippen LogP contribution in [0.4, 0.5) is 0 Å². The molecular formula is C16H16Br2O. The minimum atomic E-state index is 0.178. The van der Waals surface area contributed by atoms with Crippen LogP contribution in [0.2, 0.25) is 0 Å². The number of rotatable bonds is 4. The van der Waals surface area contributed by atoms with E-state index in [-0.39, 0.29) is 4.83 Å². The molecule has 0 saturated carbocycles. The summed E-state index contributed by atoms with van der Waals surface area (Å²) in [5, 5.41) is 0. The van der Waals surface area contributed by atoms with Crippen molar-refractivity contribution in [3.8, 4) is 5.75 Å². The maximum atomic E-state index is 5.46. The van der Waals surface area contributed by atoms with Crippen molar-refractivity contribution in [2.45, 2.75) is 18.7 Å². The van der Waals surface area contributed by atoms with E-state index in [1.807, 2.05) is 19.1 Å². The van der Waals surface area contributed by atoms with Crippen molar-refractivity contribution in [1.82, 2.24) is 0 Å². The molecule has 0 spiro atoms. The summed E-state index contributed by atoms with van der Waals surface area (Å²) in [4.78, 5) is 0.178. The Kier molecular flexibility index (Phi) is 5.06. The van der Waals surface area contributed by atoms with Gasteiger partial charge in [0.15, 0.2) is 0 Å². The van der Waals surface area contributed by atoms with Crippen molar-refractivity contribution in [3.63, 3.8) is 0 Å². The zero-order chi connectivity index (χ0) is 13.8. The fraction of sp³-hybridized carbons (Fsp3) is 0.250. The lowest BCUT2D eigenvalue weighted by Crippen LogP contribution is -1.96. The van der Waals surface area contributed by atoms with Crippen molar-refractivity contribution in [2.24, 2.45) is 0 Å². The Morgan fingerprint density at radius 3 is 2.42 bits per heavy atom. The first-order chi connectivity index (χ1) is 9.13. The second-order valence-corrected chi connectivity index (χ2v) is 6.05. The van der Waals surface area contributed by atoms with Crippen molar-refractivity contribution in [2.75, 3.05) is 6.61 Å². The molecule has 100 valence electrons. The highest BCUT2D eigenvalue weighted by Gasteiger charge is 2.14. The van der Waals surface area contributed by atoms with Crippen LogP contribution in [0.25, 0.3) is 0 Å². The first-order valence-electron chi connectivity index (χ1n) is 6.25. The Labute approximate surface area is 131 Å². The van der Waals surface area contributed by atoms with Crippen LogP contribution < -0.4 is 4.74 Å². The van der Waals surface area contributed by atoms with Crippen LogP contribution in [-0.2, 0) is 0 Å². The van der Waals surface area contributed by atoms with Gasteiger partial charge >= 0.3 is 0 Å². The summed E-state index contributed by atoms with van der Waals surface area (Å²) in [6.45, 7) is 4.79. The monoisotopic (exact) mass is 382 g/mol. The Morgan fingerprint density at radius 2 is 1.79 bits per heavy atom. The quantitative estimate of drug-likeness (QED) is 0.620. The lowest BCUT2D eigenvalue weighted by Gasteiger charge is -2.14. The molecule has 1 unspecified atom stereocenters. The van der Waals surface area contributed by atoms with Crippen molar-refractivity contribution in [1.29, 1.82) is 0 Å². The molecule has 0 aromatic heterocycles. The van der Waals surface area contributed by atoms with E-state index in [1.165, 1.54) is 16.7 Å². The summed E-state index contributed by atoms with van der Waals surface area (Å²) < 4.78 is 6.62. The molecule has 0 fully saturated rings. The lowest BCUT2D eigenvalue weighted by atomic mass is 10.0. The minimum Gasteiger partial charge on any atom is -0.494 e. The van der Waals surface area contributed by atoms with Crippen LogP contribution in [0, 0.1) is 6.92 Å². The predicted octanol–water partition coefficient (Wildman–Crippen LogP) is 5.64. The van der Waals surface area contributed by atoms with Gasteiger partial charge in [0.05, 0.1) is 11.4 Å². The van der Waals surface area contributed by atoms with Gasteiger partial charge in [0.1, 0.15) is 5.75 Å². The SMILES string of the molecule is CCOc1ccc(C(Br)c2cccc(C)c2Br)cc1. The van der Waals surface area contributed by atoms with Crippen LogP contribution in [0.15, 0.2) is 46.9 Å². The Hall–Kier alpha value is -0.800. The highest BCUT2D eigenvalue weighted by atomic mass is 79.9. The fourth-order valence-corrected chi connectivity index (χ4v) is 3.43. The highest BCUT2D eigenvalue weighted by Crippen LogP contribution is 2.37. The minimum absolute atomic E-state index is 0.178. The molecule has 1 nitrogen and oxygen atoms in total. The molecule has 0 amide bonds. The molecule has 0 aliphatic carbocycles. The fourth-order valence-electron chi connectivity index (χ4n) is 1.95. The van der Waals surface area contributed by atoms with Gasteiger partial charge in [-0.2, -0.15) is 0 Å². The zero-order valence-electron chi connectivity index (χ0n) is 11.0. The summed E-state index contributed by atoms with van der Waals surface area (Å²) in [6, 6.07) is 14.5. The van der Waals surface area contributed by atoms with Crippen LogP contribution in [0.3, 0.4) is 0 Å². The van der Waals surface area contributed by atoms with E-state index in [2.05, 4.69) is 69.1 Å². The molecule has 2 rings (SSSR count). The molecule has 19 heavy (non-hydrogen) atoms. The third kappa shape index (κ3) is 3.40. The first-order valence-corrected chi connectivity index (χ1v) is 7.96. The first kappa shape index (κ1) is 14.6. The third-order valence-corrected chi connectivity index (χ3v) is 5.08. The molecule has 0 saturated heterocycles. The average molecular weight is 384 g/mol. The smallest absolute Gasteiger partial charge is 0.119 e. The summed E-state index contributed by atoms with van der Waals surface area (Å²) in [5.41, 5.74) is 3.70. The maximum Gasteiger partial charge on any atom is 0.119 e. The molecule has 1 atom stereocenters. The predicted molar refractivity (Wildman–Crippen MR) is 87.3 cm³/mol. The summed E-state index contributed by atoms with van der Waals surface area (Å²) >= 11 is 7.43. The zero-order valence-corrected chi connectivity index (χ0v) is 14.2. The van der Waals surface area contributed by atoms with E-state index in [9.17, 15) is 0 Å². The van der Waals surface area contributed by atoms with Crippen LogP contribution in [-0.4, -0.2) is 6.61 Å². The third-order valence-electron chi connectivity index (χ3n) is 2.98. The highest BCUT2D eigenvalue weighted by molar-refractivity contribution is 9.11. The Morgan fingerprint density at radius 1 is 1.11 bits per heavy atom. The number of ether oxygens (including phenoxy) is 1. The lowest BCUT2D eigenvalue weighted by molar-refractivity contribution is 0.340. The van der Waals surface area contributed by atoms with E-state index in [4.69, 9.17) is 4.74 Å². The number of hydrogen-bond acceptors (Lipinski definition) is 1. The van der Waals surface area contributed by atoms with Gasteiger partial charge in [-0.1, -0.05) is 62.2 Å². The second-order valence-electron chi connectivity index (χ2n) is 4.34. The van der Waals surface area contributed by atoms with Crippen LogP contribution >= 0.6 is 31.9 Å². The largest absolute Gasteiger partial charge is 0.494 e. The summed E-state index contributed by atoms with van der Waals surface area (Å²) in [7, 11) is 0. The number of halogens is 2. The Bertz CT molecular complexity index is 549. The number of hydrogen-bond donors (Lipinski definition) is 0. The molecule has 0 aliphatic rings. The molecule has 0 heterocycles. The summed E-state index contributed by atoms with van der Waals surface area (Å²) in [5.74, 6) is 0.911. The van der Waals surface area contributed by atoms with E-state index in [0.717, 1.165) is 10.2 Å². The van der Waals surface area contributed by atoms with Gasteiger partial charge in [-0.3, -0.25) is 0 Å². The second kappa shape index (κ2) is 6.58. The topological polar surface area (TPSA) is 9.23 Å². The van der Waals surface area contributed by atoms with Gasteiger partial charge in [0.25, 0.3) is 0 Å². The number of aryl methyl sites for hydroxylation is 1. The van der Waals surface area contributed by atoms with Crippen molar-refractivity contribution >= 4 is 31.9 Å². The number of benzene rings is 2. The molecule has 0 bridgehead atoms. The molecule has 0 N–H and O–H groups in total. The molecule has 3 heteroatoms. The summed E-state index contributed by atoms with van der Waals surface area (Å²) in [6.07, 6.45) is 0. The molecule has 2 aromatic carbocycles. The van der Waals surface area contributed by atoms with E-state index in [1.54, 1.807) is 0 Å². The Balaban J connectivity index is 2.28. The van der Waals surface area contributed by atoms with Crippen molar-refractivity contribution < 1.29 is 4.74 Å². The van der Waals surface area contributed by atoms with Gasteiger partial charge in [-0.15, -0.1) is 0 Å². The van der Waals surface area contributed by atoms with Gasteiger partial charge in [0.2, 0.25) is 0 Å². The molecular weight excluding hydrogens is 368 g/mol. The van der Waals surface area contributed by atoms with Gasteiger partial charge in [-0.05, 0) is 42.7 Å². The standard InChI is InChI=1S/C16H16Br2O/c1-3-19-13-9-7-12(8-10-13)16(18)14-6-4-5-11(2)15(14)17/h4-10,16H,3H2,1-2H3. The molecule has 0 aliphatic heterocycles. The van der Waals surface area contributed by atoms with Gasteiger partial charge < -0.3 is 4.74 Å². The van der Waals surface area contributed by atoms with Gasteiger partial charge in [-0.25, -0.2) is 0 Å². The van der Waals surface area contributed by atoms with Crippen molar-refractivity contribution in [3.05, 3.63) is 63.6 Å². The molecule has 2 aromatic rings. The van der Waals surface area contributed by atoms with E-state index in [0.29, 0.717) is 6.61 Å². The van der Waals surface area contributed by atoms with Crippen LogP contribution in [0.1, 0.15) is 28.4 Å². The number of alkyl halides is 1. The van der Waals surface area contributed by atoms with E-state index >= 15 is 0 Å². The van der Waals surface area contributed by atoms with E-state index < -0.39 is 0 Å². The van der Waals surface area contributed by atoms with Crippen LogP contribution in [0.5, 0.6) is 5.75 Å². The molecule has 0 radical (unpaired) electrons. The van der Waals surface area contributed by atoms with Gasteiger partial charge in [0, 0.05) is 4.47 Å².